The topological polar surface area (TPSA) is 83.5 Å². The van der Waals surface area contributed by atoms with Gasteiger partial charge < -0.3 is 5.32 Å². The minimum atomic E-state index is -3.66. The van der Waals surface area contributed by atoms with E-state index < -0.39 is 21.4 Å². The normalized spacial score (nSPS) is 19.6. The summed E-state index contributed by atoms with van der Waals surface area (Å²) in [5, 5.41) is 3.84. The fourth-order valence-electron chi connectivity index (χ4n) is 4.84. The molecule has 0 saturated heterocycles. The highest BCUT2D eigenvalue weighted by atomic mass is 35.5. The second kappa shape index (κ2) is 9.44. The van der Waals surface area contributed by atoms with Crippen LogP contribution in [-0.4, -0.2) is 31.2 Å². The number of hydrogen-bond acceptors (Lipinski definition) is 4. The van der Waals surface area contributed by atoms with Crippen LogP contribution >= 0.6 is 11.6 Å². The Bertz CT molecular complexity index is 1500. The maximum absolute atomic E-state index is 14.4. The van der Waals surface area contributed by atoms with Crippen LogP contribution < -0.4 is 10.0 Å². The summed E-state index contributed by atoms with van der Waals surface area (Å²) in [5.41, 5.74) is 2.51. The number of aromatic nitrogens is 1. The molecular weight excluding hydrogens is 506 g/mol. The van der Waals surface area contributed by atoms with Crippen LogP contribution in [0.5, 0.6) is 0 Å². The number of fused-ring (bicyclic) bond motifs is 1. The Morgan fingerprint density at radius 1 is 1.17 bits per heavy atom. The summed E-state index contributed by atoms with van der Waals surface area (Å²) in [7, 11) is -3.66. The van der Waals surface area contributed by atoms with Gasteiger partial charge in [0.1, 0.15) is 11.6 Å². The van der Waals surface area contributed by atoms with Gasteiger partial charge in [-0.1, -0.05) is 17.7 Å². The van der Waals surface area contributed by atoms with E-state index in [1.54, 1.807) is 12.3 Å². The molecule has 2 aromatic carbocycles. The van der Waals surface area contributed by atoms with Gasteiger partial charge in [0.25, 0.3) is 0 Å². The predicted molar refractivity (Wildman–Crippen MR) is 139 cm³/mol. The zero-order valence-corrected chi connectivity index (χ0v) is 21.1. The van der Waals surface area contributed by atoms with Crippen molar-refractivity contribution in [1.29, 1.82) is 0 Å². The summed E-state index contributed by atoms with van der Waals surface area (Å²) < 4.78 is 54.6. The number of benzene rings is 2. The molecule has 2 aliphatic rings. The molecular formula is C26H25ClF2N4O2S. The fraction of sp³-hybridized carbons (Fsp3) is 0.308. The van der Waals surface area contributed by atoms with Crippen molar-refractivity contribution in [2.75, 3.05) is 11.6 Å². The molecule has 1 fully saturated rings. The standard InChI is InChI=1S/C26H25ClF2N4O2S/c1-36(34,35)33-25(31-24-8-6-18(27)14-22(24)29)32-26(11-12-26)17-4-2-16(3-5-17)20-10-13-30-23-9-7-19(28)15-21(20)23/h4,6-10,13-16H,2-3,5,11-12H2,1H3,(H2,31,32,33). The van der Waals surface area contributed by atoms with E-state index in [4.69, 9.17) is 16.6 Å². The van der Waals surface area contributed by atoms with E-state index in [-0.39, 0.29) is 28.4 Å². The average Bonchev–Trinajstić information content (AvgIpc) is 3.60. The predicted octanol–water partition coefficient (Wildman–Crippen LogP) is 5.91. The molecule has 1 unspecified atom stereocenters. The van der Waals surface area contributed by atoms with Crippen LogP contribution in [0.1, 0.15) is 43.6 Å². The Hall–Kier alpha value is -3.04. The summed E-state index contributed by atoms with van der Waals surface area (Å²) in [6, 6.07) is 10.7. The lowest BCUT2D eigenvalue weighted by Gasteiger charge is -2.27. The molecule has 0 amide bonds. The van der Waals surface area contributed by atoms with Crippen molar-refractivity contribution in [3.05, 3.63) is 82.5 Å². The number of aliphatic imine (C=N–C) groups is 1. The summed E-state index contributed by atoms with van der Waals surface area (Å²) in [5.74, 6) is -0.716. The number of nitrogens with zero attached hydrogens (tertiary/aromatic N) is 2. The molecule has 0 bridgehead atoms. The van der Waals surface area contributed by atoms with Crippen LogP contribution in [0, 0.1) is 11.6 Å². The molecule has 5 rings (SSSR count). The minimum Gasteiger partial charge on any atom is -0.323 e. The molecule has 1 saturated carbocycles. The Balaban J connectivity index is 1.41. The zero-order valence-electron chi connectivity index (χ0n) is 19.6. The number of nitrogens with one attached hydrogen (secondary N) is 2. The molecule has 3 aromatic rings. The lowest BCUT2D eigenvalue weighted by atomic mass is 9.81. The monoisotopic (exact) mass is 530 g/mol. The molecule has 36 heavy (non-hydrogen) atoms. The third-order valence-electron chi connectivity index (χ3n) is 6.70. The molecule has 1 aromatic heterocycles. The average molecular weight is 531 g/mol. The molecule has 0 radical (unpaired) electrons. The van der Waals surface area contributed by atoms with Crippen molar-refractivity contribution in [2.24, 2.45) is 4.99 Å². The van der Waals surface area contributed by atoms with Crippen LogP contribution in [0.3, 0.4) is 0 Å². The van der Waals surface area contributed by atoms with Crippen LogP contribution in [0.2, 0.25) is 5.02 Å². The lowest BCUT2D eigenvalue weighted by molar-refractivity contribution is 0.565. The molecule has 6 nitrogen and oxygen atoms in total. The third-order valence-corrected chi connectivity index (χ3v) is 7.50. The maximum Gasteiger partial charge on any atom is 0.232 e. The zero-order chi connectivity index (χ0) is 25.5. The number of allylic oxidation sites excluding steroid dienone is 1. The van der Waals surface area contributed by atoms with E-state index in [0.29, 0.717) is 0 Å². The second-order valence-corrected chi connectivity index (χ2v) is 11.6. The number of sulfonamides is 1. The van der Waals surface area contributed by atoms with Crippen molar-refractivity contribution in [1.82, 2.24) is 9.71 Å². The maximum atomic E-state index is 14.4. The summed E-state index contributed by atoms with van der Waals surface area (Å²) >= 11 is 5.83. The van der Waals surface area contributed by atoms with Crippen molar-refractivity contribution in [2.45, 2.75) is 43.6 Å². The van der Waals surface area contributed by atoms with Gasteiger partial charge >= 0.3 is 0 Å². The van der Waals surface area contributed by atoms with Crippen LogP contribution in [0.25, 0.3) is 10.9 Å². The summed E-state index contributed by atoms with van der Waals surface area (Å²) in [6.07, 6.45) is 8.87. The summed E-state index contributed by atoms with van der Waals surface area (Å²) in [6.45, 7) is 0. The first-order chi connectivity index (χ1) is 17.1. The first kappa shape index (κ1) is 24.6. The minimum absolute atomic E-state index is 0.0325. The number of guanidine groups is 1. The first-order valence-electron chi connectivity index (χ1n) is 11.7. The molecule has 10 heteroatoms. The highest BCUT2D eigenvalue weighted by Crippen LogP contribution is 2.51. The van der Waals surface area contributed by atoms with Crippen molar-refractivity contribution in [3.8, 4) is 0 Å². The highest BCUT2D eigenvalue weighted by Gasteiger charge is 2.47. The smallest absolute Gasteiger partial charge is 0.232 e. The van der Waals surface area contributed by atoms with Gasteiger partial charge in [-0.05, 0) is 91.6 Å². The van der Waals surface area contributed by atoms with Gasteiger partial charge in [0.05, 0.1) is 23.0 Å². The molecule has 0 spiro atoms. The van der Waals surface area contributed by atoms with Crippen molar-refractivity contribution >= 4 is 44.2 Å². The largest absolute Gasteiger partial charge is 0.323 e. The van der Waals surface area contributed by atoms with E-state index in [1.807, 2.05) is 6.07 Å². The van der Waals surface area contributed by atoms with Gasteiger partial charge in [-0.3, -0.25) is 9.71 Å². The number of rotatable bonds is 5. The Kier molecular flexibility index (Phi) is 6.46. The molecule has 1 heterocycles. The molecule has 1 atom stereocenters. The SMILES string of the molecule is CS(=O)(=O)NC(=NC1(C2=CCC(c3ccnc4ccc(F)cc34)CC2)CC1)Nc1ccc(Cl)cc1F. The van der Waals surface area contributed by atoms with Crippen molar-refractivity contribution < 1.29 is 17.2 Å². The molecule has 188 valence electrons. The third kappa shape index (κ3) is 5.37. The molecule has 2 N–H and O–H groups in total. The van der Waals surface area contributed by atoms with Gasteiger partial charge in [-0.25, -0.2) is 22.2 Å². The molecule has 2 aliphatic carbocycles. The van der Waals surface area contributed by atoms with E-state index in [0.717, 1.165) is 66.5 Å². The van der Waals surface area contributed by atoms with E-state index in [9.17, 15) is 17.2 Å². The Morgan fingerprint density at radius 3 is 2.64 bits per heavy atom. The van der Waals surface area contributed by atoms with Gasteiger partial charge in [0.2, 0.25) is 16.0 Å². The Morgan fingerprint density at radius 2 is 1.97 bits per heavy atom. The quantitative estimate of drug-likeness (QED) is 0.244. The number of pyridine rings is 1. The van der Waals surface area contributed by atoms with E-state index >= 15 is 0 Å². The van der Waals surface area contributed by atoms with Crippen LogP contribution in [-0.2, 0) is 10.0 Å². The second-order valence-electron chi connectivity index (χ2n) is 9.38. The van der Waals surface area contributed by atoms with Gasteiger partial charge in [-0.2, -0.15) is 0 Å². The highest BCUT2D eigenvalue weighted by molar-refractivity contribution is 7.89. The Labute approximate surface area is 213 Å². The van der Waals surface area contributed by atoms with Crippen LogP contribution in [0.4, 0.5) is 14.5 Å². The van der Waals surface area contributed by atoms with Gasteiger partial charge in [0, 0.05) is 16.6 Å². The van der Waals surface area contributed by atoms with Crippen LogP contribution in [0.15, 0.2) is 65.3 Å². The number of halogens is 3. The first-order valence-corrected chi connectivity index (χ1v) is 13.9. The van der Waals surface area contributed by atoms with Gasteiger partial charge in [-0.15, -0.1) is 0 Å². The van der Waals surface area contributed by atoms with Crippen molar-refractivity contribution in [3.63, 3.8) is 0 Å². The molecule has 0 aliphatic heterocycles. The lowest BCUT2D eigenvalue weighted by Crippen LogP contribution is -2.37. The number of hydrogen-bond donors (Lipinski definition) is 2. The number of anilines is 1. The van der Waals surface area contributed by atoms with E-state index in [2.05, 4.69) is 21.1 Å². The van der Waals surface area contributed by atoms with E-state index in [1.165, 1.54) is 24.3 Å². The summed E-state index contributed by atoms with van der Waals surface area (Å²) in [4.78, 5) is 9.09. The van der Waals surface area contributed by atoms with Gasteiger partial charge in [0.15, 0.2) is 0 Å². The fourth-order valence-corrected chi connectivity index (χ4v) is 5.45.